The van der Waals surface area contributed by atoms with Crippen LogP contribution in [0.4, 0.5) is 5.69 Å². The van der Waals surface area contributed by atoms with Crippen LogP contribution in [0.3, 0.4) is 0 Å². The zero-order chi connectivity index (χ0) is 25.8. The molecule has 0 aliphatic rings. The number of carbonyl (C=O) groups is 1. The SMILES string of the molecule is CCc1nnc2sc(-c3ccc(NC(=S)NC(=O)c4cccc(OCc5ccccc5)c4)c(C)c3)nn12. The Labute approximate surface area is 223 Å². The lowest BCUT2D eigenvalue weighted by Gasteiger charge is -2.13. The van der Waals surface area contributed by atoms with Crippen LogP contribution in [0.1, 0.15) is 34.2 Å². The number of ether oxygens (including phenoxy) is 1. The molecule has 0 radical (unpaired) electrons. The van der Waals surface area contributed by atoms with Crippen molar-refractivity contribution in [2.75, 3.05) is 5.32 Å². The van der Waals surface area contributed by atoms with Gasteiger partial charge >= 0.3 is 0 Å². The molecule has 1 amide bonds. The highest BCUT2D eigenvalue weighted by molar-refractivity contribution is 7.80. The van der Waals surface area contributed by atoms with Gasteiger partial charge in [0.15, 0.2) is 10.9 Å². The maximum absolute atomic E-state index is 12.8. The Bertz CT molecular complexity index is 1580. The van der Waals surface area contributed by atoms with Crippen molar-refractivity contribution < 1.29 is 9.53 Å². The van der Waals surface area contributed by atoms with E-state index in [9.17, 15) is 4.79 Å². The Kier molecular flexibility index (Phi) is 7.20. The Morgan fingerprint density at radius 2 is 1.89 bits per heavy atom. The highest BCUT2D eigenvalue weighted by Gasteiger charge is 2.14. The van der Waals surface area contributed by atoms with Gasteiger partial charge in [-0.05, 0) is 66.7 Å². The second kappa shape index (κ2) is 10.9. The first-order valence-electron chi connectivity index (χ1n) is 11.7. The molecule has 2 N–H and O–H groups in total. The van der Waals surface area contributed by atoms with Gasteiger partial charge in [-0.25, -0.2) is 0 Å². The van der Waals surface area contributed by atoms with E-state index in [0.717, 1.165) is 44.6 Å². The molecule has 3 aromatic carbocycles. The van der Waals surface area contributed by atoms with Gasteiger partial charge in [0.1, 0.15) is 17.4 Å². The average Bonchev–Trinajstić information content (AvgIpc) is 3.50. The van der Waals surface area contributed by atoms with Crippen LogP contribution in [0.25, 0.3) is 15.5 Å². The van der Waals surface area contributed by atoms with Crippen molar-refractivity contribution in [1.29, 1.82) is 0 Å². The first-order valence-corrected chi connectivity index (χ1v) is 12.9. The Hall–Kier alpha value is -4.15. The summed E-state index contributed by atoms with van der Waals surface area (Å²) in [4.78, 5) is 13.6. The molecule has 0 unspecified atom stereocenters. The van der Waals surface area contributed by atoms with E-state index in [0.29, 0.717) is 17.9 Å². The standard InChI is InChI=1S/C27H24N6O2S2/c1-3-23-30-31-27-33(23)32-25(37-27)20-12-13-22(17(2)14-20)28-26(36)29-24(34)19-10-7-11-21(15-19)35-16-18-8-5-4-6-9-18/h4-15H,3,16H2,1-2H3,(H2,28,29,34,36). The molecule has 186 valence electrons. The molecule has 0 spiro atoms. The number of fused-ring (bicyclic) bond motifs is 1. The molecule has 0 saturated carbocycles. The summed E-state index contributed by atoms with van der Waals surface area (Å²) in [5.74, 6) is 1.13. The molecule has 0 aliphatic heterocycles. The predicted molar refractivity (Wildman–Crippen MR) is 149 cm³/mol. The topological polar surface area (TPSA) is 93.4 Å². The summed E-state index contributed by atoms with van der Waals surface area (Å²) < 4.78 is 7.62. The van der Waals surface area contributed by atoms with E-state index >= 15 is 0 Å². The van der Waals surface area contributed by atoms with Gasteiger partial charge in [0.2, 0.25) is 4.96 Å². The normalized spacial score (nSPS) is 10.9. The maximum Gasteiger partial charge on any atom is 0.257 e. The molecule has 5 aromatic rings. The smallest absolute Gasteiger partial charge is 0.257 e. The van der Waals surface area contributed by atoms with Crippen LogP contribution in [0.5, 0.6) is 5.75 Å². The second-order valence-corrected chi connectivity index (χ2v) is 9.68. The van der Waals surface area contributed by atoms with E-state index in [2.05, 4.69) is 25.9 Å². The third-order valence-corrected chi connectivity index (χ3v) is 6.82. The van der Waals surface area contributed by atoms with Crippen molar-refractivity contribution in [3.05, 3.63) is 95.3 Å². The Balaban J connectivity index is 1.21. The van der Waals surface area contributed by atoms with Gasteiger partial charge in [-0.15, -0.1) is 10.2 Å². The number of benzene rings is 3. The van der Waals surface area contributed by atoms with Crippen LogP contribution in [0.15, 0.2) is 72.8 Å². The summed E-state index contributed by atoms with van der Waals surface area (Å²) in [6.45, 7) is 4.42. The van der Waals surface area contributed by atoms with Crippen LogP contribution < -0.4 is 15.4 Å². The third-order valence-electron chi connectivity index (χ3n) is 5.66. The van der Waals surface area contributed by atoms with E-state index < -0.39 is 0 Å². The van der Waals surface area contributed by atoms with E-state index in [1.54, 1.807) is 22.7 Å². The summed E-state index contributed by atoms with van der Waals surface area (Å²) in [7, 11) is 0. The van der Waals surface area contributed by atoms with Crippen molar-refractivity contribution in [3.8, 4) is 16.3 Å². The fraction of sp³-hybridized carbons (Fsp3) is 0.148. The minimum Gasteiger partial charge on any atom is -0.489 e. The third kappa shape index (κ3) is 5.65. The number of carbonyl (C=O) groups excluding carboxylic acids is 1. The quantitative estimate of drug-likeness (QED) is 0.272. The molecule has 2 heterocycles. The first-order chi connectivity index (χ1) is 18.0. The van der Waals surface area contributed by atoms with Gasteiger partial charge in [-0.1, -0.05) is 54.7 Å². The van der Waals surface area contributed by atoms with E-state index in [1.165, 1.54) is 11.3 Å². The van der Waals surface area contributed by atoms with Crippen LogP contribution in [0.2, 0.25) is 0 Å². The number of rotatable bonds is 7. The van der Waals surface area contributed by atoms with Gasteiger partial charge in [-0.2, -0.15) is 9.61 Å². The lowest BCUT2D eigenvalue weighted by molar-refractivity contribution is 0.0977. The number of thiocarbonyl (C=S) groups is 1. The van der Waals surface area contributed by atoms with Crippen molar-refractivity contribution in [2.24, 2.45) is 0 Å². The highest BCUT2D eigenvalue weighted by Crippen LogP contribution is 2.29. The minimum absolute atomic E-state index is 0.211. The zero-order valence-corrected chi connectivity index (χ0v) is 21.9. The monoisotopic (exact) mass is 528 g/mol. The van der Waals surface area contributed by atoms with Crippen LogP contribution in [0, 0.1) is 6.92 Å². The van der Waals surface area contributed by atoms with Crippen molar-refractivity contribution in [2.45, 2.75) is 26.9 Å². The Morgan fingerprint density at radius 1 is 1.05 bits per heavy atom. The van der Waals surface area contributed by atoms with Gasteiger partial charge in [0, 0.05) is 23.2 Å². The summed E-state index contributed by atoms with van der Waals surface area (Å²) in [6.07, 6.45) is 0.764. The summed E-state index contributed by atoms with van der Waals surface area (Å²) in [5.41, 5.74) is 4.24. The number of hydrogen-bond acceptors (Lipinski definition) is 7. The van der Waals surface area contributed by atoms with Crippen molar-refractivity contribution >= 4 is 45.2 Å². The van der Waals surface area contributed by atoms with Crippen LogP contribution in [-0.2, 0) is 13.0 Å². The molecular weight excluding hydrogens is 504 g/mol. The van der Waals surface area contributed by atoms with E-state index in [4.69, 9.17) is 17.0 Å². The average molecular weight is 529 g/mol. The molecule has 0 atom stereocenters. The first kappa shape index (κ1) is 24.5. The molecule has 0 fully saturated rings. The lowest BCUT2D eigenvalue weighted by atomic mass is 10.1. The summed E-state index contributed by atoms with van der Waals surface area (Å²) in [6, 6.07) is 22.8. The molecular formula is C27H24N6O2S2. The molecule has 8 nitrogen and oxygen atoms in total. The number of hydrogen-bond donors (Lipinski definition) is 2. The van der Waals surface area contributed by atoms with Crippen molar-refractivity contribution in [1.82, 2.24) is 25.1 Å². The van der Waals surface area contributed by atoms with Gasteiger partial charge in [-0.3, -0.25) is 10.1 Å². The molecule has 5 rings (SSSR count). The molecule has 0 aliphatic carbocycles. The van der Waals surface area contributed by atoms with E-state index in [-0.39, 0.29) is 11.0 Å². The fourth-order valence-electron chi connectivity index (χ4n) is 3.73. The maximum atomic E-state index is 12.8. The van der Waals surface area contributed by atoms with Gasteiger partial charge < -0.3 is 10.1 Å². The summed E-state index contributed by atoms with van der Waals surface area (Å²) in [5, 5.41) is 19.9. The molecule has 10 heteroatoms. The molecule has 0 bridgehead atoms. The fourth-order valence-corrected chi connectivity index (χ4v) is 4.79. The van der Waals surface area contributed by atoms with Crippen LogP contribution in [-0.4, -0.2) is 30.8 Å². The zero-order valence-electron chi connectivity index (χ0n) is 20.3. The highest BCUT2D eigenvalue weighted by atomic mass is 32.1. The van der Waals surface area contributed by atoms with E-state index in [1.807, 2.05) is 68.4 Å². The Morgan fingerprint density at radius 3 is 2.68 bits per heavy atom. The minimum atomic E-state index is -0.316. The second-order valence-electron chi connectivity index (χ2n) is 8.31. The summed E-state index contributed by atoms with van der Waals surface area (Å²) >= 11 is 6.89. The number of aryl methyl sites for hydroxylation is 2. The van der Waals surface area contributed by atoms with Crippen molar-refractivity contribution in [3.63, 3.8) is 0 Å². The predicted octanol–water partition coefficient (Wildman–Crippen LogP) is 5.43. The molecule has 37 heavy (non-hydrogen) atoms. The van der Waals surface area contributed by atoms with Crippen LogP contribution >= 0.6 is 23.6 Å². The largest absolute Gasteiger partial charge is 0.489 e. The number of aromatic nitrogens is 4. The van der Waals surface area contributed by atoms with Gasteiger partial charge in [0.05, 0.1) is 0 Å². The molecule has 2 aromatic heterocycles. The number of amides is 1. The molecule has 0 saturated heterocycles. The number of nitrogens with one attached hydrogen (secondary N) is 2. The van der Waals surface area contributed by atoms with Gasteiger partial charge in [0.25, 0.3) is 5.91 Å². The lowest BCUT2D eigenvalue weighted by Crippen LogP contribution is -2.34. The number of nitrogens with zero attached hydrogens (tertiary/aromatic N) is 4. The number of anilines is 1.